The Kier molecular flexibility index (Phi) is 39.9. The van der Waals surface area contributed by atoms with Gasteiger partial charge in [0.1, 0.15) is 57.2 Å². The van der Waals surface area contributed by atoms with Gasteiger partial charge in [-0.25, -0.2) is 54.6 Å². The predicted octanol–water partition coefficient (Wildman–Crippen LogP) is 13.1. The molecule has 5 aliphatic carbocycles. The van der Waals surface area contributed by atoms with Crippen molar-refractivity contribution >= 4 is 153 Å². The number of nitrogen functional groups attached to an aromatic ring is 1. The summed E-state index contributed by atoms with van der Waals surface area (Å²) in [5, 5.41) is 35.0. The number of nitrogens with two attached hydrogens (primary N) is 2. The van der Waals surface area contributed by atoms with Crippen LogP contribution in [-0.4, -0.2) is 178 Å². The quantitative estimate of drug-likeness (QED) is 0.00530. The van der Waals surface area contributed by atoms with Crippen molar-refractivity contribution in [2.24, 2.45) is 5.73 Å². The number of thioether (sulfide) groups is 5. The molecule has 1 aliphatic heterocycles. The number of benzene rings is 3. The second kappa shape index (κ2) is 47.9. The fourth-order valence-electron chi connectivity index (χ4n) is 9.16. The fourth-order valence-corrected chi connectivity index (χ4v) is 11.1. The maximum absolute atomic E-state index is 13.3. The number of nitrogens with zero attached hydrogens (tertiary/aromatic N) is 12. The van der Waals surface area contributed by atoms with Crippen molar-refractivity contribution in [1.82, 2.24) is 49.8 Å². The molecule has 0 saturated heterocycles. The SMILES string of the molecule is COc1cc(C)cc(N)c1.COc1cc(NCc2cnc(SC)nc2NC2CC2)cc(OC)c1.COc1cc(OC)cc(N2Cc3cnc(SC)nc3N(C3CC3)C2=O)c1.CSc1ncc(C=O)c(NC2CC2)n1.CSc1ncc(CO)c(Cl)n1.CSc1ncc(CO)c(NC2CC2)n1.NC1CC1.O=S(=O)(Cl)Cl.[O]=[Mn]=[O]. The number of aldehydes is 1. The van der Waals surface area contributed by atoms with Gasteiger partial charge in [0.15, 0.2) is 32.1 Å². The van der Waals surface area contributed by atoms with Crippen LogP contribution < -0.4 is 66.2 Å². The van der Waals surface area contributed by atoms with E-state index in [9.17, 15) is 9.59 Å². The molecule has 6 aliphatic rings. The van der Waals surface area contributed by atoms with Crippen LogP contribution in [0.15, 0.2) is 111 Å². The van der Waals surface area contributed by atoms with Crippen LogP contribution in [0.1, 0.15) is 102 Å². The first-order valence-corrected chi connectivity index (χ1v) is 44.6. The van der Waals surface area contributed by atoms with Gasteiger partial charge in [0.2, 0.25) is 0 Å². The molecule has 8 aromatic rings. The molecular formula is C70H91Cl3MnN18O13S6. The molecule has 2 amide bonds. The second-order valence-electron chi connectivity index (χ2n) is 24.2. The number of nitrogens with one attached hydrogen (secondary N) is 4. The van der Waals surface area contributed by atoms with Crippen molar-refractivity contribution in [2.75, 3.05) is 104 Å². The topological polar surface area (TPSA) is 425 Å². The van der Waals surface area contributed by atoms with E-state index in [-0.39, 0.29) is 25.3 Å². The molecule has 0 atom stereocenters. The monoisotopic (exact) mass is 1740 g/mol. The minimum absolute atomic E-state index is 0.0102. The van der Waals surface area contributed by atoms with E-state index in [1.165, 1.54) is 91.8 Å². The number of aliphatic hydroxyl groups is 2. The molecule has 0 bridgehead atoms. The standard InChI is InChI=1S/C18H20N4O3S.C17H22N4O2S.C9H13N3OS.C9H11N3OS.C8H11NO.C6H7ClN2OS.C3H7N.Cl2O2S.Mn.2O/c1-24-14-6-13(7-15(8-14)25-2)21-10-11-9-19-17(26-3)20-16(11)22(18(21)23)12-4-5-12;1-22-14-6-13(7-15(8-14)23-2)18-9-11-10-19-17(24-3)21-16(11)20-12-4-5-12;2*1-14-9-10-4-6(5-13)8(12-9)11-7-2-3-7;1-6-3-7(9)5-8(4-6)10-2;1-11-6-8-2-4(3-10)5(7)9-6;4-3-1-2-3;1-5(2,3)4;;;/h6-9,12H,4-5,10H2,1-3H3;6-8,10,12,18H,4-5,9H2,1-3H3,(H,19,20,21);4,7,13H,2-3,5H2,1H3,(H,10,11,12);4-5,7H,2-3H2,1H3,(H,10,11,12);3-5H,9H2,1-2H3;2,10H,3H2,1H3;3H,1-2,4H2;;;;. The number of halogens is 3. The minimum atomic E-state index is -3.72. The van der Waals surface area contributed by atoms with E-state index < -0.39 is 23.1 Å². The number of aryl methyl sites for hydroxylation is 1. The Labute approximate surface area is 687 Å². The molecule has 14 rings (SSSR count). The van der Waals surface area contributed by atoms with E-state index in [1.54, 1.807) is 76.7 Å². The van der Waals surface area contributed by atoms with Crippen molar-refractivity contribution in [1.29, 1.82) is 0 Å². The number of carbonyl (C=O) groups excluding carboxylic acids is 2. The van der Waals surface area contributed by atoms with Crippen LogP contribution in [0.2, 0.25) is 5.15 Å². The first-order chi connectivity index (χ1) is 53.3. The summed E-state index contributed by atoms with van der Waals surface area (Å²) in [5.74, 6) is 6.72. The van der Waals surface area contributed by atoms with Gasteiger partial charge < -0.3 is 66.6 Å². The summed E-state index contributed by atoms with van der Waals surface area (Å²) < 4.78 is 61.4. The summed E-state index contributed by atoms with van der Waals surface area (Å²) in [4.78, 5) is 70.1. The third kappa shape index (κ3) is 33.7. The molecule has 6 heterocycles. The first kappa shape index (κ1) is 92.4. The Bertz CT molecular complexity index is 4400. The second-order valence-corrected chi connectivity index (χ2v) is 32.3. The van der Waals surface area contributed by atoms with Crippen LogP contribution in [0.25, 0.3) is 0 Å². The zero-order valence-electron chi connectivity index (χ0n) is 62.8. The number of ether oxygens (including phenoxy) is 5. The number of hydrogen-bond acceptors (Lipinski definition) is 34. The number of amides is 2. The molecule has 0 spiro atoms. The summed E-state index contributed by atoms with van der Waals surface area (Å²) in [6.45, 7) is 2.90. The Morgan fingerprint density at radius 2 is 0.964 bits per heavy atom. The molecule has 0 unspecified atom stereocenters. The normalized spacial score (nSPS) is 14.1. The number of aliphatic hydroxyl groups excluding tert-OH is 2. The van der Waals surface area contributed by atoms with Crippen LogP contribution in [0.4, 0.5) is 45.1 Å². The van der Waals surface area contributed by atoms with Crippen LogP contribution in [0, 0.1) is 6.92 Å². The van der Waals surface area contributed by atoms with Gasteiger partial charge in [0, 0.05) is 165 Å². The van der Waals surface area contributed by atoms with E-state index in [0.717, 1.165) is 116 Å². The van der Waals surface area contributed by atoms with Crippen molar-refractivity contribution in [3.8, 4) is 28.7 Å². The third-order valence-corrected chi connectivity index (χ3v) is 18.7. The molecule has 41 heteroatoms. The fraction of sp³-hybridized carbons (Fsp3) is 0.429. The number of anilines is 7. The Balaban J connectivity index is 0.000000207. The number of fused-ring (bicyclic) bond motifs is 1. The van der Waals surface area contributed by atoms with E-state index >= 15 is 0 Å². The van der Waals surface area contributed by atoms with Crippen molar-refractivity contribution in [2.45, 2.75) is 153 Å². The van der Waals surface area contributed by atoms with Gasteiger partial charge in [0.25, 0.3) is 0 Å². The number of urea groups is 1. The molecule has 603 valence electrons. The van der Waals surface area contributed by atoms with Gasteiger partial charge in [-0.15, -0.1) is 0 Å². The molecule has 0 radical (unpaired) electrons. The molecular weight excluding hydrogens is 1650 g/mol. The van der Waals surface area contributed by atoms with Gasteiger partial charge >= 0.3 is 36.8 Å². The number of rotatable bonds is 24. The molecule has 111 heavy (non-hydrogen) atoms. The summed E-state index contributed by atoms with van der Waals surface area (Å²) in [5.41, 5.74) is 18.2. The van der Waals surface area contributed by atoms with Crippen molar-refractivity contribution in [3.63, 3.8) is 0 Å². The molecule has 5 aromatic heterocycles. The third-order valence-electron chi connectivity index (χ3n) is 15.5. The summed E-state index contributed by atoms with van der Waals surface area (Å²) in [6.07, 6.45) is 30.6. The van der Waals surface area contributed by atoms with Crippen LogP contribution in [0.3, 0.4) is 0 Å². The summed E-state index contributed by atoms with van der Waals surface area (Å²) in [6, 6.07) is 19.2. The van der Waals surface area contributed by atoms with E-state index in [2.05, 4.69) is 92.5 Å². The number of hydrogen-bond donors (Lipinski definition) is 8. The number of carbonyl (C=O) groups is 2. The maximum atomic E-state index is 13.3. The zero-order valence-corrected chi connectivity index (χ0v) is 71.2. The Hall–Kier alpha value is -7.43. The van der Waals surface area contributed by atoms with E-state index in [4.69, 9.17) is 73.1 Å². The van der Waals surface area contributed by atoms with Crippen molar-refractivity contribution in [3.05, 3.63) is 124 Å². The number of aromatic nitrogens is 10. The number of methoxy groups -OCH3 is 5. The molecule has 10 N–H and O–H groups in total. The summed E-state index contributed by atoms with van der Waals surface area (Å²) >= 11 is 11.7. The average Bonchev–Trinajstić information content (AvgIpc) is 1.70. The van der Waals surface area contributed by atoms with Crippen LogP contribution in [0.5, 0.6) is 28.7 Å². The molecule has 5 fully saturated rings. The van der Waals surface area contributed by atoms with Crippen molar-refractivity contribution < 1.29 is 74.4 Å². The van der Waals surface area contributed by atoms with Crippen LogP contribution >= 0.6 is 91.8 Å². The van der Waals surface area contributed by atoms with Gasteiger partial charge in [-0.2, -0.15) is 8.42 Å². The van der Waals surface area contributed by atoms with Gasteiger partial charge in [-0.3, -0.25) is 14.6 Å². The van der Waals surface area contributed by atoms with Gasteiger partial charge in [-0.05, 0) is 120 Å². The van der Waals surface area contributed by atoms with E-state index in [0.29, 0.717) is 86.3 Å². The summed E-state index contributed by atoms with van der Waals surface area (Å²) in [7, 11) is 12.9. The van der Waals surface area contributed by atoms with E-state index in [1.807, 2.05) is 98.0 Å². The van der Waals surface area contributed by atoms with Gasteiger partial charge in [0.05, 0.1) is 66.6 Å². The Morgan fingerprint density at radius 3 is 1.38 bits per heavy atom. The molecule has 31 nitrogen and oxygen atoms in total. The molecule has 5 saturated carbocycles. The first-order valence-electron chi connectivity index (χ1n) is 34.0. The zero-order chi connectivity index (χ0) is 81.2. The Morgan fingerprint density at radius 1 is 0.568 bits per heavy atom. The average molecular weight is 1750 g/mol. The van der Waals surface area contributed by atoms with Crippen LogP contribution in [-0.2, 0) is 57.1 Å². The molecule has 3 aromatic carbocycles. The predicted molar refractivity (Wildman–Crippen MR) is 436 cm³/mol. The van der Waals surface area contributed by atoms with Gasteiger partial charge in [-0.1, -0.05) is 70.4 Å².